The lowest BCUT2D eigenvalue weighted by atomic mass is 10.1. The molecule has 1 aromatic heterocycles. The molecule has 2 aromatic carbocycles. The van der Waals surface area contributed by atoms with Crippen LogP contribution < -0.4 is 14.2 Å². The number of benzene rings is 2. The van der Waals surface area contributed by atoms with E-state index in [9.17, 15) is 9.18 Å². The van der Waals surface area contributed by atoms with Crippen LogP contribution in [0.1, 0.15) is 22.2 Å². The molecule has 1 amide bonds. The smallest absolute Gasteiger partial charge is 0.254 e. The van der Waals surface area contributed by atoms with E-state index in [4.69, 9.17) is 18.9 Å². The lowest BCUT2D eigenvalue weighted by molar-refractivity contribution is -0.0246. The van der Waals surface area contributed by atoms with Gasteiger partial charge in [0.05, 0.1) is 40.2 Å². The lowest BCUT2D eigenvalue weighted by Gasteiger charge is -2.33. The van der Waals surface area contributed by atoms with Crippen molar-refractivity contribution >= 4 is 16.7 Å². The molecule has 4 rings (SSSR count). The summed E-state index contributed by atoms with van der Waals surface area (Å²) < 4.78 is 35.5. The second kappa shape index (κ2) is 8.77. The number of carbonyl (C=O) groups is 1. The Bertz CT molecular complexity index is 1100. The topological polar surface area (TPSA) is 70.1 Å². The van der Waals surface area contributed by atoms with Crippen molar-refractivity contribution in [3.05, 3.63) is 59.7 Å². The fourth-order valence-electron chi connectivity index (χ4n) is 3.70. The number of fused-ring (bicyclic) bond motifs is 1. The highest BCUT2D eigenvalue weighted by molar-refractivity contribution is 5.95. The first-order valence-electron chi connectivity index (χ1n) is 9.80. The third-order valence-electron chi connectivity index (χ3n) is 5.30. The van der Waals surface area contributed by atoms with Gasteiger partial charge in [0.25, 0.3) is 5.91 Å². The first kappa shape index (κ1) is 20.9. The minimum atomic E-state index is -0.410. The van der Waals surface area contributed by atoms with Crippen LogP contribution in [0.5, 0.6) is 17.2 Å². The van der Waals surface area contributed by atoms with Gasteiger partial charge in [-0.05, 0) is 41.8 Å². The molecule has 3 aromatic rings. The maximum atomic E-state index is 13.6. The summed E-state index contributed by atoms with van der Waals surface area (Å²) in [6.07, 6.45) is 1.28. The van der Waals surface area contributed by atoms with Crippen molar-refractivity contribution in [2.45, 2.75) is 6.10 Å². The summed E-state index contributed by atoms with van der Waals surface area (Å²) in [5.74, 6) is 0.753. The highest BCUT2D eigenvalue weighted by Gasteiger charge is 2.28. The van der Waals surface area contributed by atoms with Crippen LogP contribution in [0.25, 0.3) is 10.8 Å². The fraction of sp³-hybridized carbons (Fsp3) is 0.304. The third kappa shape index (κ3) is 4.11. The van der Waals surface area contributed by atoms with Crippen molar-refractivity contribution in [2.24, 2.45) is 0 Å². The Labute approximate surface area is 179 Å². The van der Waals surface area contributed by atoms with Crippen molar-refractivity contribution in [3.8, 4) is 17.2 Å². The first-order chi connectivity index (χ1) is 15.0. The van der Waals surface area contributed by atoms with Gasteiger partial charge in [0, 0.05) is 23.7 Å². The van der Waals surface area contributed by atoms with E-state index in [2.05, 4.69) is 4.98 Å². The molecule has 31 heavy (non-hydrogen) atoms. The Balaban J connectivity index is 1.59. The van der Waals surface area contributed by atoms with Crippen molar-refractivity contribution < 1.29 is 28.1 Å². The van der Waals surface area contributed by atoms with E-state index in [1.807, 2.05) is 0 Å². The van der Waals surface area contributed by atoms with Gasteiger partial charge >= 0.3 is 0 Å². The minimum absolute atomic E-state index is 0.181. The second-order valence-electron chi connectivity index (χ2n) is 7.13. The molecule has 0 radical (unpaired) electrons. The van der Waals surface area contributed by atoms with E-state index >= 15 is 0 Å². The molecule has 1 fully saturated rings. The number of amides is 1. The first-order valence-corrected chi connectivity index (χ1v) is 9.80. The number of nitrogens with zero attached hydrogens (tertiary/aromatic N) is 2. The number of hydrogen-bond donors (Lipinski definition) is 0. The number of ether oxygens (including phenoxy) is 4. The number of methoxy groups -OCH3 is 3. The lowest BCUT2D eigenvalue weighted by Crippen LogP contribution is -2.42. The number of carbonyl (C=O) groups excluding carboxylic acids is 1. The molecule has 1 saturated heterocycles. The third-order valence-corrected chi connectivity index (χ3v) is 5.30. The van der Waals surface area contributed by atoms with Crippen LogP contribution in [0.3, 0.4) is 0 Å². The maximum Gasteiger partial charge on any atom is 0.254 e. The molecule has 2 heterocycles. The van der Waals surface area contributed by atoms with Crippen LogP contribution in [0.15, 0.2) is 42.6 Å². The van der Waals surface area contributed by atoms with Gasteiger partial charge in [-0.2, -0.15) is 0 Å². The number of aromatic nitrogens is 1. The van der Waals surface area contributed by atoms with Gasteiger partial charge in [0.1, 0.15) is 11.9 Å². The largest absolute Gasteiger partial charge is 0.493 e. The van der Waals surface area contributed by atoms with E-state index < -0.39 is 6.10 Å². The Morgan fingerprint density at radius 2 is 1.81 bits per heavy atom. The van der Waals surface area contributed by atoms with E-state index in [0.29, 0.717) is 48.2 Å². The predicted molar refractivity (Wildman–Crippen MR) is 112 cm³/mol. The predicted octanol–water partition coefficient (Wildman–Crippen LogP) is 3.61. The van der Waals surface area contributed by atoms with E-state index in [1.165, 1.54) is 33.5 Å². The molecule has 0 saturated carbocycles. The molecule has 8 heteroatoms. The van der Waals surface area contributed by atoms with Crippen LogP contribution in [-0.4, -0.2) is 56.8 Å². The molecule has 7 nitrogen and oxygen atoms in total. The van der Waals surface area contributed by atoms with Gasteiger partial charge in [0.15, 0.2) is 11.5 Å². The summed E-state index contributed by atoms with van der Waals surface area (Å²) in [4.78, 5) is 19.4. The van der Waals surface area contributed by atoms with Gasteiger partial charge < -0.3 is 23.8 Å². The standard InChI is InChI=1S/C23H23FN2O5/c1-28-19-10-16(11-20(29-2)22(19)30-3)23(27)26-6-7-31-21(13-26)18-9-15-8-17(24)5-4-14(15)12-25-18/h4-5,8-12,21H,6-7,13H2,1-3H3. The summed E-state index contributed by atoms with van der Waals surface area (Å²) in [5.41, 5.74) is 1.07. The van der Waals surface area contributed by atoms with Crippen LogP contribution in [0.2, 0.25) is 0 Å². The number of morpholine rings is 1. The average Bonchev–Trinajstić information content (AvgIpc) is 2.82. The molecule has 1 unspecified atom stereocenters. The highest BCUT2D eigenvalue weighted by Crippen LogP contribution is 2.38. The normalized spacial score (nSPS) is 16.3. The highest BCUT2D eigenvalue weighted by atomic mass is 19.1. The van der Waals surface area contributed by atoms with E-state index in [0.717, 1.165) is 10.8 Å². The van der Waals surface area contributed by atoms with Gasteiger partial charge in [-0.1, -0.05) is 0 Å². The van der Waals surface area contributed by atoms with Crippen LogP contribution in [0.4, 0.5) is 4.39 Å². The maximum absolute atomic E-state index is 13.6. The quantitative estimate of drug-likeness (QED) is 0.621. The summed E-state index contributed by atoms with van der Waals surface area (Å²) in [6, 6.07) is 9.61. The minimum Gasteiger partial charge on any atom is -0.493 e. The Morgan fingerprint density at radius 1 is 1.06 bits per heavy atom. The SMILES string of the molecule is COc1cc(C(=O)N2CCOC(c3cc4cc(F)ccc4cn3)C2)cc(OC)c1OC. The van der Waals surface area contributed by atoms with Crippen molar-refractivity contribution in [1.29, 1.82) is 0 Å². The van der Waals surface area contributed by atoms with Crippen molar-refractivity contribution in [1.82, 2.24) is 9.88 Å². The molecule has 1 aliphatic heterocycles. The molecule has 0 aliphatic carbocycles. The molecule has 1 aliphatic rings. The zero-order valence-electron chi connectivity index (χ0n) is 17.6. The molecule has 0 bridgehead atoms. The number of rotatable bonds is 5. The Morgan fingerprint density at radius 3 is 2.48 bits per heavy atom. The molecule has 162 valence electrons. The van der Waals surface area contributed by atoms with E-state index in [-0.39, 0.29) is 11.7 Å². The summed E-state index contributed by atoms with van der Waals surface area (Å²) in [5, 5.41) is 1.58. The van der Waals surface area contributed by atoms with Crippen LogP contribution in [-0.2, 0) is 4.74 Å². The Hall–Kier alpha value is -3.39. The van der Waals surface area contributed by atoms with Crippen molar-refractivity contribution in [2.75, 3.05) is 41.0 Å². The number of hydrogen-bond acceptors (Lipinski definition) is 6. The van der Waals surface area contributed by atoms with Crippen LogP contribution in [0, 0.1) is 5.82 Å². The Kier molecular flexibility index (Phi) is 5.90. The van der Waals surface area contributed by atoms with Gasteiger partial charge in [0.2, 0.25) is 5.75 Å². The summed E-state index contributed by atoms with van der Waals surface area (Å²) in [6.45, 7) is 1.13. The van der Waals surface area contributed by atoms with Gasteiger partial charge in [-0.15, -0.1) is 0 Å². The van der Waals surface area contributed by atoms with Gasteiger partial charge in [-0.25, -0.2) is 4.39 Å². The second-order valence-corrected chi connectivity index (χ2v) is 7.13. The molecule has 1 atom stereocenters. The summed E-state index contributed by atoms with van der Waals surface area (Å²) >= 11 is 0. The summed E-state index contributed by atoms with van der Waals surface area (Å²) in [7, 11) is 4.52. The zero-order valence-corrected chi connectivity index (χ0v) is 17.6. The molecular weight excluding hydrogens is 403 g/mol. The monoisotopic (exact) mass is 426 g/mol. The van der Waals surface area contributed by atoms with E-state index in [1.54, 1.807) is 35.4 Å². The molecular formula is C23H23FN2O5. The molecule has 0 N–H and O–H groups in total. The van der Waals surface area contributed by atoms with Gasteiger partial charge in [-0.3, -0.25) is 9.78 Å². The van der Waals surface area contributed by atoms with Crippen molar-refractivity contribution in [3.63, 3.8) is 0 Å². The number of pyridine rings is 1. The molecule has 0 spiro atoms. The van der Waals surface area contributed by atoms with Crippen LogP contribution >= 0.6 is 0 Å². The fourth-order valence-corrected chi connectivity index (χ4v) is 3.70. The zero-order chi connectivity index (χ0) is 22.0. The average molecular weight is 426 g/mol. The number of halogens is 1.